The molecule has 0 bridgehead atoms. The zero-order valence-electron chi connectivity index (χ0n) is 17.8. The van der Waals surface area contributed by atoms with Crippen molar-refractivity contribution in [2.24, 2.45) is 5.92 Å². The van der Waals surface area contributed by atoms with Crippen LogP contribution in [0.2, 0.25) is 0 Å². The number of fused-ring (bicyclic) bond motifs is 3. The number of hydrogen-bond acceptors (Lipinski definition) is 5. The lowest BCUT2D eigenvalue weighted by Crippen LogP contribution is -2.28. The minimum absolute atomic E-state index is 0.156. The Bertz CT molecular complexity index is 1390. The monoisotopic (exact) mass is 451 g/mol. The largest absolute Gasteiger partial charge is 0.309 e. The molecule has 0 saturated heterocycles. The van der Waals surface area contributed by atoms with Crippen molar-refractivity contribution < 1.29 is 9.18 Å². The molecule has 1 amide bonds. The molecular weight excluding hydrogens is 429 g/mol. The second-order valence-corrected chi connectivity index (χ2v) is 9.40. The van der Waals surface area contributed by atoms with Crippen molar-refractivity contribution >= 4 is 33.3 Å². The van der Waals surface area contributed by atoms with Crippen LogP contribution in [0.25, 0.3) is 15.9 Å². The lowest BCUT2D eigenvalue weighted by molar-refractivity contribution is -0.116. The molecule has 3 heterocycles. The summed E-state index contributed by atoms with van der Waals surface area (Å²) in [5, 5.41) is 7.84. The molecule has 3 aromatic heterocycles. The van der Waals surface area contributed by atoms with Crippen LogP contribution in [0.4, 0.5) is 10.2 Å². The van der Waals surface area contributed by atoms with Gasteiger partial charge in [-0.1, -0.05) is 6.92 Å². The first-order chi connectivity index (χ1) is 15.4. The van der Waals surface area contributed by atoms with E-state index in [9.17, 15) is 14.0 Å². The van der Waals surface area contributed by atoms with Crippen LogP contribution in [0.5, 0.6) is 0 Å². The topological polar surface area (TPSA) is 81.8 Å². The number of benzene rings is 1. The Labute approximate surface area is 187 Å². The molecule has 0 saturated carbocycles. The average Bonchev–Trinajstić information content (AvgIpc) is 3.30. The maximum atomic E-state index is 13.3. The van der Waals surface area contributed by atoms with Crippen LogP contribution in [-0.4, -0.2) is 25.2 Å². The van der Waals surface area contributed by atoms with Gasteiger partial charge in [0.1, 0.15) is 23.0 Å². The van der Waals surface area contributed by atoms with E-state index in [-0.39, 0.29) is 23.8 Å². The second kappa shape index (κ2) is 7.98. The van der Waals surface area contributed by atoms with Gasteiger partial charge in [0.05, 0.1) is 23.1 Å². The second-order valence-electron chi connectivity index (χ2n) is 8.32. The van der Waals surface area contributed by atoms with E-state index >= 15 is 0 Å². The smallest absolute Gasteiger partial charge is 0.262 e. The van der Waals surface area contributed by atoms with Gasteiger partial charge in [0.25, 0.3) is 5.56 Å². The zero-order valence-corrected chi connectivity index (χ0v) is 18.6. The number of nitrogens with one attached hydrogen (secondary N) is 1. The van der Waals surface area contributed by atoms with Gasteiger partial charge in [0, 0.05) is 10.9 Å². The molecular formula is C23H22FN5O2S. The first-order valence-electron chi connectivity index (χ1n) is 10.5. The normalized spacial score (nSPS) is 15.7. The third-order valence-electron chi connectivity index (χ3n) is 5.77. The number of carbonyl (C=O) groups is 1. The van der Waals surface area contributed by atoms with Crippen LogP contribution in [0.15, 0.2) is 41.5 Å². The first kappa shape index (κ1) is 20.6. The summed E-state index contributed by atoms with van der Waals surface area (Å²) in [7, 11) is 0. The predicted octanol–water partition coefficient (Wildman–Crippen LogP) is 3.85. The average molecular weight is 452 g/mol. The highest BCUT2D eigenvalue weighted by Crippen LogP contribution is 2.35. The summed E-state index contributed by atoms with van der Waals surface area (Å²) in [6.45, 7) is 3.87. The summed E-state index contributed by atoms with van der Waals surface area (Å²) >= 11 is 1.59. The van der Waals surface area contributed by atoms with Crippen molar-refractivity contribution in [1.29, 1.82) is 0 Å². The van der Waals surface area contributed by atoms with E-state index in [0.29, 0.717) is 28.5 Å². The van der Waals surface area contributed by atoms with Gasteiger partial charge in [0.15, 0.2) is 0 Å². The molecule has 1 aliphatic carbocycles. The van der Waals surface area contributed by atoms with E-state index < -0.39 is 0 Å². The van der Waals surface area contributed by atoms with Gasteiger partial charge < -0.3 is 5.32 Å². The third-order valence-corrected chi connectivity index (χ3v) is 6.93. The lowest BCUT2D eigenvalue weighted by Gasteiger charge is -2.17. The van der Waals surface area contributed by atoms with Crippen molar-refractivity contribution in [3.8, 4) is 5.69 Å². The number of hydrogen-bond donors (Lipinski definition) is 1. The molecule has 1 aliphatic rings. The molecule has 0 fully saturated rings. The van der Waals surface area contributed by atoms with E-state index in [1.165, 1.54) is 32.6 Å². The molecule has 7 nitrogen and oxygen atoms in total. The van der Waals surface area contributed by atoms with Crippen molar-refractivity contribution in [1.82, 2.24) is 19.3 Å². The number of rotatable bonds is 4. The minimum atomic E-state index is -0.366. The minimum Gasteiger partial charge on any atom is -0.309 e. The van der Waals surface area contributed by atoms with Crippen molar-refractivity contribution in [2.45, 2.75) is 39.7 Å². The Balaban J connectivity index is 1.41. The Morgan fingerprint density at radius 2 is 2.09 bits per heavy atom. The molecule has 0 spiro atoms. The summed E-state index contributed by atoms with van der Waals surface area (Å²) in [4.78, 5) is 32.4. The fourth-order valence-corrected chi connectivity index (χ4v) is 5.52. The van der Waals surface area contributed by atoms with Crippen molar-refractivity contribution in [2.75, 3.05) is 5.32 Å². The number of carbonyl (C=O) groups excluding carboxylic acids is 1. The van der Waals surface area contributed by atoms with Crippen LogP contribution >= 0.6 is 11.3 Å². The Hall–Kier alpha value is -3.33. The fourth-order valence-electron chi connectivity index (χ4n) is 4.18. The zero-order chi connectivity index (χ0) is 22.4. The van der Waals surface area contributed by atoms with E-state index in [0.717, 1.165) is 29.7 Å². The number of aryl methyl sites for hydroxylation is 2. The van der Waals surface area contributed by atoms with Gasteiger partial charge in [-0.05, 0) is 61.9 Å². The molecule has 4 aromatic rings. The van der Waals surface area contributed by atoms with Gasteiger partial charge in [-0.25, -0.2) is 14.1 Å². The predicted molar refractivity (Wildman–Crippen MR) is 122 cm³/mol. The quantitative estimate of drug-likeness (QED) is 0.511. The van der Waals surface area contributed by atoms with E-state index in [1.807, 2.05) is 0 Å². The number of amides is 1. The molecule has 1 aromatic carbocycles. The molecule has 9 heteroatoms. The number of nitrogens with zero attached hydrogens (tertiary/aromatic N) is 4. The fraction of sp³-hybridized carbons (Fsp3) is 0.304. The molecule has 1 unspecified atom stereocenters. The summed E-state index contributed by atoms with van der Waals surface area (Å²) in [5.74, 6) is 0.339. The highest BCUT2D eigenvalue weighted by Gasteiger charge is 2.23. The Morgan fingerprint density at radius 3 is 2.88 bits per heavy atom. The SMILES string of the molecule is Cc1cc(NC(=O)Cn2cnc3sc4c(c3c2=O)CCC(C)C4)n(-c2ccc(F)cc2)n1. The van der Waals surface area contributed by atoms with Crippen LogP contribution < -0.4 is 10.9 Å². The van der Waals surface area contributed by atoms with Crippen LogP contribution in [-0.2, 0) is 24.2 Å². The molecule has 0 aliphatic heterocycles. The third kappa shape index (κ3) is 3.73. The van der Waals surface area contributed by atoms with Crippen molar-refractivity contribution in [3.63, 3.8) is 0 Å². The standard InChI is InChI=1S/C23H22FN5O2S/c1-13-3-8-17-18(9-13)32-22-21(17)23(31)28(12-25-22)11-20(30)26-19-10-14(2)27-29(19)16-6-4-15(24)5-7-16/h4-7,10,12-13H,3,8-9,11H2,1-2H3,(H,26,30). The van der Waals surface area contributed by atoms with Crippen molar-refractivity contribution in [3.05, 3.63) is 69.0 Å². The van der Waals surface area contributed by atoms with E-state index in [4.69, 9.17) is 0 Å². The van der Waals surface area contributed by atoms with Gasteiger partial charge in [-0.15, -0.1) is 11.3 Å². The van der Waals surface area contributed by atoms with Crippen LogP contribution in [0, 0.1) is 18.7 Å². The number of aromatic nitrogens is 4. The summed E-state index contributed by atoms with van der Waals surface area (Å²) < 4.78 is 16.2. The van der Waals surface area contributed by atoms with Crippen LogP contribution in [0.1, 0.15) is 29.5 Å². The molecule has 5 rings (SSSR count). The Kier molecular flexibility index (Phi) is 5.13. The summed E-state index contributed by atoms with van der Waals surface area (Å²) in [5.41, 5.74) is 2.24. The molecule has 164 valence electrons. The summed E-state index contributed by atoms with van der Waals surface area (Å²) in [6, 6.07) is 7.56. The van der Waals surface area contributed by atoms with Gasteiger partial charge >= 0.3 is 0 Å². The number of anilines is 1. The molecule has 32 heavy (non-hydrogen) atoms. The molecule has 1 atom stereocenters. The highest BCUT2D eigenvalue weighted by molar-refractivity contribution is 7.18. The van der Waals surface area contributed by atoms with Gasteiger partial charge in [-0.3, -0.25) is 14.2 Å². The van der Waals surface area contributed by atoms with Crippen LogP contribution in [0.3, 0.4) is 0 Å². The van der Waals surface area contributed by atoms with Gasteiger partial charge in [-0.2, -0.15) is 5.10 Å². The lowest BCUT2D eigenvalue weighted by atomic mass is 9.89. The van der Waals surface area contributed by atoms with E-state index in [2.05, 4.69) is 22.3 Å². The van der Waals surface area contributed by atoms with E-state index in [1.54, 1.807) is 36.5 Å². The maximum absolute atomic E-state index is 13.3. The summed E-state index contributed by atoms with van der Waals surface area (Å²) in [6.07, 6.45) is 4.35. The number of halogens is 1. The first-order valence-corrected chi connectivity index (χ1v) is 11.3. The highest BCUT2D eigenvalue weighted by atomic mass is 32.1. The maximum Gasteiger partial charge on any atom is 0.262 e. The van der Waals surface area contributed by atoms with Gasteiger partial charge in [0.2, 0.25) is 5.91 Å². The molecule has 0 radical (unpaired) electrons. The Morgan fingerprint density at radius 1 is 1.31 bits per heavy atom. The number of thiophene rings is 1. The molecule has 1 N–H and O–H groups in total.